The fourth-order valence-corrected chi connectivity index (χ4v) is 3.54. The van der Waals surface area contributed by atoms with Crippen LogP contribution in [0, 0.1) is 0 Å². The fourth-order valence-electron chi connectivity index (χ4n) is 3.21. The molecule has 0 amide bonds. The van der Waals surface area contributed by atoms with Gasteiger partial charge in [0.2, 0.25) is 0 Å². The van der Waals surface area contributed by atoms with Gasteiger partial charge in [-0.15, -0.1) is 0 Å². The lowest BCUT2D eigenvalue weighted by molar-refractivity contribution is -0.143. The molecule has 1 aliphatic carbocycles. The summed E-state index contributed by atoms with van der Waals surface area (Å²) in [5, 5.41) is 10.2. The van der Waals surface area contributed by atoms with Gasteiger partial charge in [-0.25, -0.2) is 0 Å². The van der Waals surface area contributed by atoms with Gasteiger partial charge in [0.1, 0.15) is 0 Å². The first-order chi connectivity index (χ1) is 9.65. The molecule has 2 aliphatic rings. The van der Waals surface area contributed by atoms with Crippen molar-refractivity contribution in [3.63, 3.8) is 0 Å². The Labute approximate surface area is 122 Å². The Bertz CT molecular complexity index is 535. The minimum atomic E-state index is -0.934. The van der Waals surface area contributed by atoms with Gasteiger partial charge in [-0.2, -0.15) is 0 Å². The molecule has 1 saturated carbocycles. The largest absolute Gasteiger partial charge is 0.490 e. The minimum Gasteiger partial charge on any atom is -0.490 e. The van der Waals surface area contributed by atoms with Crippen LogP contribution in [0.5, 0.6) is 11.5 Å². The molecule has 4 nitrogen and oxygen atoms in total. The van der Waals surface area contributed by atoms with Crippen LogP contribution in [0.3, 0.4) is 0 Å². The molecule has 0 bridgehead atoms. The second-order valence-corrected chi connectivity index (χ2v) is 5.80. The average Bonchev–Trinajstić information content (AvgIpc) is 2.79. The van der Waals surface area contributed by atoms with E-state index in [9.17, 15) is 9.90 Å². The highest BCUT2D eigenvalue weighted by Crippen LogP contribution is 2.51. The maximum absolute atomic E-state index is 11.9. The Morgan fingerprint density at radius 3 is 2.55 bits per heavy atom. The zero-order valence-electron chi connectivity index (χ0n) is 11.2. The van der Waals surface area contributed by atoms with Crippen molar-refractivity contribution in [2.24, 2.45) is 0 Å². The third-order valence-corrected chi connectivity index (χ3v) is 4.52. The van der Waals surface area contributed by atoms with Crippen LogP contribution in [0.15, 0.2) is 12.1 Å². The summed E-state index contributed by atoms with van der Waals surface area (Å²) >= 11 is 6.33. The van der Waals surface area contributed by atoms with Crippen molar-refractivity contribution in [3.05, 3.63) is 22.7 Å². The van der Waals surface area contributed by atoms with Crippen molar-refractivity contribution in [2.45, 2.75) is 37.5 Å². The first kappa shape index (κ1) is 13.6. The quantitative estimate of drug-likeness (QED) is 0.909. The lowest BCUT2D eigenvalue weighted by Gasteiger charge is -2.28. The number of hydrogen-bond acceptors (Lipinski definition) is 3. The van der Waals surface area contributed by atoms with E-state index >= 15 is 0 Å². The number of benzene rings is 1. The van der Waals surface area contributed by atoms with Gasteiger partial charge in [0.25, 0.3) is 0 Å². The summed E-state index contributed by atoms with van der Waals surface area (Å²) in [6, 6.07) is 3.48. The second-order valence-electron chi connectivity index (χ2n) is 5.39. The van der Waals surface area contributed by atoms with Crippen molar-refractivity contribution in [1.82, 2.24) is 0 Å². The summed E-state index contributed by atoms with van der Waals surface area (Å²) < 4.78 is 11.4. The number of carboxylic acid groups (broad SMARTS) is 1. The molecular formula is C15H17ClO4. The Morgan fingerprint density at radius 1 is 1.15 bits per heavy atom. The standard InChI is InChI=1S/C15H17ClO4/c16-10-4-5-11-13(20-9-3-8-19-11)12(10)15(14(17)18)6-1-2-7-15/h4-5H,1-3,6-9H2,(H,17,18). The number of fused-ring (bicyclic) bond motifs is 1. The number of carbonyl (C=O) groups is 1. The van der Waals surface area contributed by atoms with Crippen LogP contribution in [0.4, 0.5) is 0 Å². The summed E-state index contributed by atoms with van der Waals surface area (Å²) in [6.45, 7) is 1.10. The van der Waals surface area contributed by atoms with Crippen molar-refractivity contribution in [2.75, 3.05) is 13.2 Å². The maximum Gasteiger partial charge on any atom is 0.314 e. The van der Waals surface area contributed by atoms with Gasteiger partial charge in [0.15, 0.2) is 11.5 Å². The van der Waals surface area contributed by atoms with Crippen molar-refractivity contribution in [1.29, 1.82) is 0 Å². The highest BCUT2D eigenvalue weighted by molar-refractivity contribution is 6.32. The normalized spacial score (nSPS) is 20.4. The van der Waals surface area contributed by atoms with E-state index < -0.39 is 11.4 Å². The van der Waals surface area contributed by atoms with Gasteiger partial charge in [-0.1, -0.05) is 24.4 Å². The molecule has 108 valence electrons. The van der Waals surface area contributed by atoms with E-state index in [0.717, 1.165) is 19.3 Å². The molecule has 20 heavy (non-hydrogen) atoms. The van der Waals surface area contributed by atoms with Crippen molar-refractivity contribution >= 4 is 17.6 Å². The van der Waals surface area contributed by atoms with Crippen molar-refractivity contribution in [3.8, 4) is 11.5 Å². The third kappa shape index (κ3) is 2.03. The summed E-state index contributed by atoms with van der Waals surface area (Å²) in [5.74, 6) is 0.312. The van der Waals surface area contributed by atoms with Gasteiger partial charge in [0, 0.05) is 17.0 Å². The summed E-state index contributed by atoms with van der Waals surface area (Å²) in [6.07, 6.45) is 3.77. The molecule has 0 saturated heterocycles. The molecule has 1 N–H and O–H groups in total. The van der Waals surface area contributed by atoms with Crippen molar-refractivity contribution < 1.29 is 19.4 Å². The van der Waals surface area contributed by atoms with Crippen LogP contribution in [-0.2, 0) is 10.2 Å². The Morgan fingerprint density at radius 2 is 1.85 bits per heavy atom. The van der Waals surface area contributed by atoms with Gasteiger partial charge in [-0.05, 0) is 25.0 Å². The van der Waals surface area contributed by atoms with Crippen LogP contribution in [-0.4, -0.2) is 24.3 Å². The summed E-state index contributed by atoms with van der Waals surface area (Å²) in [5.41, 5.74) is -0.334. The predicted octanol–water partition coefficient (Wildman–Crippen LogP) is 3.40. The highest BCUT2D eigenvalue weighted by atomic mass is 35.5. The van der Waals surface area contributed by atoms with Crippen LogP contribution in [0.25, 0.3) is 0 Å². The molecule has 0 unspecified atom stereocenters. The molecule has 1 aromatic rings. The zero-order valence-corrected chi connectivity index (χ0v) is 11.9. The first-order valence-corrected chi connectivity index (χ1v) is 7.35. The molecule has 3 rings (SSSR count). The van der Waals surface area contributed by atoms with E-state index in [0.29, 0.717) is 48.1 Å². The third-order valence-electron chi connectivity index (χ3n) is 4.21. The molecule has 0 aromatic heterocycles. The van der Waals surface area contributed by atoms with E-state index in [1.807, 2.05) is 0 Å². The average molecular weight is 297 g/mol. The summed E-state index contributed by atoms with van der Waals surface area (Å²) in [7, 11) is 0. The molecule has 0 atom stereocenters. The number of aliphatic carboxylic acids is 1. The topological polar surface area (TPSA) is 55.8 Å². The number of ether oxygens (including phenoxy) is 2. The highest BCUT2D eigenvalue weighted by Gasteiger charge is 2.47. The second kappa shape index (κ2) is 5.17. The molecule has 1 aliphatic heterocycles. The molecule has 1 aromatic carbocycles. The molecule has 5 heteroatoms. The Balaban J connectivity index is 2.19. The monoisotopic (exact) mass is 296 g/mol. The van der Waals surface area contributed by atoms with Crippen LogP contribution in [0.2, 0.25) is 5.02 Å². The maximum atomic E-state index is 11.9. The molecule has 1 fully saturated rings. The summed E-state index contributed by atoms with van der Waals surface area (Å²) in [4.78, 5) is 11.9. The number of hydrogen-bond donors (Lipinski definition) is 1. The van der Waals surface area contributed by atoms with Crippen LogP contribution < -0.4 is 9.47 Å². The van der Waals surface area contributed by atoms with E-state index in [1.54, 1.807) is 12.1 Å². The molecule has 0 spiro atoms. The lowest BCUT2D eigenvalue weighted by atomic mass is 9.78. The number of carboxylic acids is 1. The van der Waals surface area contributed by atoms with E-state index in [2.05, 4.69) is 0 Å². The SMILES string of the molecule is O=C(O)C1(c2c(Cl)ccc3c2OCCCO3)CCCC1. The smallest absolute Gasteiger partial charge is 0.314 e. The minimum absolute atomic E-state index is 0.457. The van der Waals surface area contributed by atoms with Gasteiger partial charge >= 0.3 is 5.97 Å². The molecule has 1 heterocycles. The van der Waals surface area contributed by atoms with Crippen LogP contribution >= 0.6 is 11.6 Å². The number of rotatable bonds is 2. The van der Waals surface area contributed by atoms with Gasteiger partial charge in [-0.3, -0.25) is 4.79 Å². The zero-order chi connectivity index (χ0) is 14.2. The van der Waals surface area contributed by atoms with Gasteiger partial charge < -0.3 is 14.6 Å². The van der Waals surface area contributed by atoms with E-state index in [4.69, 9.17) is 21.1 Å². The Kier molecular flexibility index (Phi) is 3.50. The van der Waals surface area contributed by atoms with E-state index in [-0.39, 0.29) is 0 Å². The van der Waals surface area contributed by atoms with Gasteiger partial charge in [0.05, 0.1) is 18.6 Å². The number of halogens is 1. The fraction of sp³-hybridized carbons (Fsp3) is 0.533. The molecule has 0 radical (unpaired) electrons. The van der Waals surface area contributed by atoms with E-state index in [1.165, 1.54) is 0 Å². The molecular weight excluding hydrogens is 280 g/mol. The predicted molar refractivity (Wildman–Crippen MR) is 74.8 cm³/mol. The van der Waals surface area contributed by atoms with Crippen LogP contribution in [0.1, 0.15) is 37.7 Å². The first-order valence-electron chi connectivity index (χ1n) is 6.97. The lowest BCUT2D eigenvalue weighted by Crippen LogP contribution is -2.33. The Hall–Kier alpha value is -1.42.